The predicted molar refractivity (Wildman–Crippen MR) is 66.7 cm³/mol. The fourth-order valence-corrected chi connectivity index (χ4v) is 2.71. The number of nitrogens with zero attached hydrogens (tertiary/aromatic N) is 1. The summed E-state index contributed by atoms with van der Waals surface area (Å²) in [5, 5.41) is 3.62. The Bertz CT molecular complexity index is 200. The van der Waals surface area contributed by atoms with Crippen molar-refractivity contribution in [1.82, 2.24) is 10.2 Å². The van der Waals surface area contributed by atoms with Gasteiger partial charge in [0.25, 0.3) is 0 Å². The van der Waals surface area contributed by atoms with E-state index in [0.717, 1.165) is 25.2 Å². The smallest absolute Gasteiger partial charge is 0.0630 e. The molecule has 2 aliphatic rings. The van der Waals surface area contributed by atoms with Gasteiger partial charge in [0.15, 0.2) is 0 Å². The van der Waals surface area contributed by atoms with Crippen LogP contribution in [-0.2, 0) is 4.74 Å². The van der Waals surface area contributed by atoms with Crippen LogP contribution in [-0.4, -0.2) is 50.3 Å². The maximum Gasteiger partial charge on any atom is 0.0630 e. The van der Waals surface area contributed by atoms with E-state index >= 15 is 0 Å². The third kappa shape index (κ3) is 3.44. The number of rotatable bonds is 7. The zero-order chi connectivity index (χ0) is 11.4. The molecule has 1 atom stereocenters. The summed E-state index contributed by atoms with van der Waals surface area (Å²) in [6, 6.07) is 2.14. The van der Waals surface area contributed by atoms with Crippen molar-refractivity contribution < 1.29 is 4.74 Å². The van der Waals surface area contributed by atoms with Gasteiger partial charge in [-0.2, -0.15) is 0 Å². The van der Waals surface area contributed by atoms with E-state index in [1.54, 1.807) is 0 Å². The summed E-state index contributed by atoms with van der Waals surface area (Å²) in [6.07, 6.45) is 8.30. The number of nitrogens with one attached hydrogen (secondary N) is 1. The Morgan fingerprint density at radius 3 is 2.50 bits per heavy atom. The van der Waals surface area contributed by atoms with Crippen molar-refractivity contribution in [2.45, 2.75) is 56.7 Å². The van der Waals surface area contributed by atoms with Crippen molar-refractivity contribution in [3.8, 4) is 0 Å². The van der Waals surface area contributed by atoms with E-state index in [4.69, 9.17) is 4.74 Å². The Labute approximate surface area is 99.5 Å². The zero-order valence-corrected chi connectivity index (χ0v) is 10.7. The maximum absolute atomic E-state index is 5.36. The number of ether oxygens (including phenoxy) is 1. The van der Waals surface area contributed by atoms with Crippen LogP contribution in [0.25, 0.3) is 0 Å². The minimum absolute atomic E-state index is 0.550. The second-order valence-corrected chi connectivity index (χ2v) is 5.40. The summed E-state index contributed by atoms with van der Waals surface area (Å²) in [5.74, 6) is 0. The molecule has 16 heavy (non-hydrogen) atoms. The van der Waals surface area contributed by atoms with Gasteiger partial charge in [-0.1, -0.05) is 12.8 Å². The molecule has 1 N–H and O–H groups in total. The minimum Gasteiger partial charge on any atom is -0.383 e. The van der Waals surface area contributed by atoms with E-state index in [1.807, 2.05) is 7.11 Å². The molecule has 3 heteroatoms. The third-order valence-electron chi connectivity index (χ3n) is 4.06. The second-order valence-electron chi connectivity index (χ2n) is 5.40. The Kier molecular flexibility index (Phi) is 4.62. The van der Waals surface area contributed by atoms with Crippen LogP contribution in [0.15, 0.2) is 0 Å². The average Bonchev–Trinajstić information content (AvgIpc) is 2.95. The molecule has 0 aromatic heterocycles. The average molecular weight is 226 g/mol. The molecule has 94 valence electrons. The Balaban J connectivity index is 1.77. The van der Waals surface area contributed by atoms with E-state index in [0.29, 0.717) is 6.04 Å². The Hall–Kier alpha value is -0.120. The molecule has 2 fully saturated rings. The molecule has 3 nitrogen and oxygen atoms in total. The lowest BCUT2D eigenvalue weighted by atomic mass is 10.1. The Morgan fingerprint density at radius 1 is 1.25 bits per heavy atom. The molecule has 0 spiro atoms. The van der Waals surface area contributed by atoms with Crippen molar-refractivity contribution >= 4 is 0 Å². The van der Waals surface area contributed by atoms with Crippen molar-refractivity contribution in [3.05, 3.63) is 0 Å². The first-order chi connectivity index (χ1) is 7.81. The van der Waals surface area contributed by atoms with Crippen molar-refractivity contribution in [2.24, 2.45) is 0 Å². The number of likely N-dealkylation sites (N-methyl/N-ethyl adjacent to an activating group) is 1. The SMILES string of the molecule is COCC(CNC1CC1)N(C)C1CCCC1. The summed E-state index contributed by atoms with van der Waals surface area (Å²) >= 11 is 0. The molecular formula is C13H26N2O. The highest BCUT2D eigenvalue weighted by atomic mass is 16.5. The summed E-state index contributed by atoms with van der Waals surface area (Å²) < 4.78 is 5.36. The van der Waals surface area contributed by atoms with Gasteiger partial charge in [0.2, 0.25) is 0 Å². The number of methoxy groups -OCH3 is 1. The molecule has 0 aromatic carbocycles. The van der Waals surface area contributed by atoms with Gasteiger partial charge in [-0.15, -0.1) is 0 Å². The van der Waals surface area contributed by atoms with Gasteiger partial charge in [0.1, 0.15) is 0 Å². The van der Waals surface area contributed by atoms with Crippen LogP contribution >= 0.6 is 0 Å². The van der Waals surface area contributed by atoms with E-state index in [-0.39, 0.29) is 0 Å². The molecule has 2 aliphatic carbocycles. The molecule has 2 saturated carbocycles. The topological polar surface area (TPSA) is 24.5 Å². The first kappa shape index (κ1) is 12.3. The van der Waals surface area contributed by atoms with Gasteiger partial charge in [-0.3, -0.25) is 4.90 Å². The van der Waals surface area contributed by atoms with Gasteiger partial charge >= 0.3 is 0 Å². The van der Waals surface area contributed by atoms with Gasteiger partial charge < -0.3 is 10.1 Å². The summed E-state index contributed by atoms with van der Waals surface area (Å²) in [6.45, 7) is 1.94. The van der Waals surface area contributed by atoms with E-state index < -0.39 is 0 Å². The largest absolute Gasteiger partial charge is 0.383 e. The van der Waals surface area contributed by atoms with Crippen LogP contribution in [0.3, 0.4) is 0 Å². The number of hydrogen-bond donors (Lipinski definition) is 1. The van der Waals surface area contributed by atoms with Gasteiger partial charge in [-0.25, -0.2) is 0 Å². The second kappa shape index (κ2) is 5.99. The van der Waals surface area contributed by atoms with E-state index in [1.165, 1.54) is 38.5 Å². The van der Waals surface area contributed by atoms with Crippen LogP contribution in [0.1, 0.15) is 38.5 Å². The van der Waals surface area contributed by atoms with Gasteiger partial charge in [0, 0.05) is 31.8 Å². The molecule has 0 saturated heterocycles. The van der Waals surface area contributed by atoms with Crippen LogP contribution in [0.2, 0.25) is 0 Å². The summed E-state index contributed by atoms with van der Waals surface area (Å²) in [4.78, 5) is 2.55. The molecule has 1 unspecified atom stereocenters. The van der Waals surface area contributed by atoms with E-state index in [2.05, 4.69) is 17.3 Å². The lowest BCUT2D eigenvalue weighted by molar-refractivity contribution is 0.0804. The highest BCUT2D eigenvalue weighted by Gasteiger charge is 2.27. The molecular weight excluding hydrogens is 200 g/mol. The third-order valence-corrected chi connectivity index (χ3v) is 4.06. The van der Waals surface area contributed by atoms with Crippen LogP contribution in [0.5, 0.6) is 0 Å². The lowest BCUT2D eigenvalue weighted by Gasteiger charge is -2.33. The zero-order valence-electron chi connectivity index (χ0n) is 10.7. The molecule has 0 radical (unpaired) electrons. The summed E-state index contributed by atoms with van der Waals surface area (Å²) in [7, 11) is 4.08. The molecule has 0 aliphatic heterocycles. The molecule has 2 rings (SSSR count). The first-order valence-corrected chi connectivity index (χ1v) is 6.75. The highest BCUT2D eigenvalue weighted by Crippen LogP contribution is 2.24. The van der Waals surface area contributed by atoms with Crippen LogP contribution in [0, 0.1) is 0 Å². The predicted octanol–water partition coefficient (Wildman–Crippen LogP) is 1.63. The van der Waals surface area contributed by atoms with E-state index in [9.17, 15) is 0 Å². The molecule has 0 amide bonds. The van der Waals surface area contributed by atoms with Crippen LogP contribution in [0.4, 0.5) is 0 Å². The quantitative estimate of drug-likeness (QED) is 0.714. The standard InChI is InChI=1S/C13H26N2O/c1-15(12-5-3-4-6-12)13(10-16-2)9-14-11-7-8-11/h11-14H,3-10H2,1-2H3. The monoisotopic (exact) mass is 226 g/mol. The van der Waals surface area contributed by atoms with Crippen molar-refractivity contribution in [3.63, 3.8) is 0 Å². The Morgan fingerprint density at radius 2 is 1.94 bits per heavy atom. The van der Waals surface area contributed by atoms with Crippen molar-refractivity contribution in [1.29, 1.82) is 0 Å². The fraction of sp³-hybridized carbons (Fsp3) is 1.00. The normalized spacial score (nSPS) is 24.2. The molecule has 0 bridgehead atoms. The molecule has 0 heterocycles. The summed E-state index contributed by atoms with van der Waals surface area (Å²) in [5.41, 5.74) is 0. The van der Waals surface area contributed by atoms with Gasteiger partial charge in [-0.05, 0) is 32.7 Å². The van der Waals surface area contributed by atoms with Gasteiger partial charge in [0.05, 0.1) is 6.61 Å². The number of hydrogen-bond acceptors (Lipinski definition) is 3. The molecule has 0 aromatic rings. The minimum atomic E-state index is 0.550. The van der Waals surface area contributed by atoms with Crippen LogP contribution < -0.4 is 5.32 Å². The first-order valence-electron chi connectivity index (χ1n) is 6.75. The fourth-order valence-electron chi connectivity index (χ4n) is 2.71. The maximum atomic E-state index is 5.36. The lowest BCUT2D eigenvalue weighted by Crippen LogP contribution is -2.47. The van der Waals surface area contributed by atoms with Crippen molar-refractivity contribution in [2.75, 3.05) is 27.3 Å². The highest BCUT2D eigenvalue weighted by molar-refractivity contribution is 4.86.